The Balaban J connectivity index is 1.31. The van der Waals surface area contributed by atoms with Gasteiger partial charge in [0.15, 0.2) is 16.0 Å². The molecule has 1 aliphatic carbocycles. The number of nitrogens with one attached hydrogen (secondary N) is 1. The number of hydrogen-bond acceptors (Lipinski definition) is 6. The molecule has 11 heteroatoms. The maximum absolute atomic E-state index is 12.4. The van der Waals surface area contributed by atoms with Crippen LogP contribution in [0.4, 0.5) is 11.6 Å². The molecule has 1 amide bonds. The molecule has 0 radical (unpaired) electrons. The number of hydrogen-bond donors (Lipinski definition) is 1. The van der Waals surface area contributed by atoms with Crippen LogP contribution >= 0.6 is 23.2 Å². The van der Waals surface area contributed by atoms with Crippen LogP contribution in [0.25, 0.3) is 11.0 Å². The third-order valence-corrected chi connectivity index (χ3v) is 6.34. The Morgan fingerprint density at radius 3 is 2.77 bits per heavy atom. The lowest BCUT2D eigenvalue weighted by Crippen LogP contribution is -2.33. The molecule has 1 atom stereocenters. The molecule has 0 spiro atoms. The molecule has 30 heavy (non-hydrogen) atoms. The third-order valence-electron chi connectivity index (χ3n) is 5.78. The number of carbonyl (C=O) groups is 1. The van der Waals surface area contributed by atoms with Gasteiger partial charge in [0.1, 0.15) is 0 Å². The van der Waals surface area contributed by atoms with E-state index in [1.54, 1.807) is 17.9 Å². The number of likely N-dealkylation sites (tertiary alicyclic amines) is 1. The summed E-state index contributed by atoms with van der Waals surface area (Å²) in [5.74, 6) is 0.980. The highest BCUT2D eigenvalue weighted by molar-refractivity contribution is 6.34. The number of anilines is 2. The van der Waals surface area contributed by atoms with Gasteiger partial charge in [-0.25, -0.2) is 9.67 Å². The number of amides is 1. The Morgan fingerprint density at radius 1 is 1.13 bits per heavy atom. The highest BCUT2D eigenvalue weighted by Gasteiger charge is 2.34. The minimum absolute atomic E-state index is 0.203. The average Bonchev–Trinajstić information content (AvgIpc) is 3.50. The van der Waals surface area contributed by atoms with Crippen LogP contribution in [0.5, 0.6) is 0 Å². The summed E-state index contributed by atoms with van der Waals surface area (Å²) in [6.45, 7) is 1.59. The molecule has 3 aromatic rings. The molecule has 1 saturated heterocycles. The number of rotatable bonds is 4. The maximum Gasteiger partial charge on any atom is 0.229 e. The second-order valence-corrected chi connectivity index (χ2v) is 8.68. The van der Waals surface area contributed by atoms with E-state index in [1.807, 2.05) is 15.8 Å². The van der Waals surface area contributed by atoms with Gasteiger partial charge in [-0.15, -0.1) is 0 Å². The van der Waals surface area contributed by atoms with Crippen molar-refractivity contribution in [1.82, 2.24) is 34.4 Å². The lowest BCUT2D eigenvalue weighted by Gasteiger charge is -2.20. The zero-order valence-corrected chi connectivity index (χ0v) is 18.1. The van der Waals surface area contributed by atoms with Crippen molar-refractivity contribution in [3.63, 3.8) is 0 Å². The van der Waals surface area contributed by atoms with Crippen molar-refractivity contribution in [1.29, 1.82) is 0 Å². The fourth-order valence-corrected chi connectivity index (χ4v) is 4.40. The Labute approximate surface area is 183 Å². The van der Waals surface area contributed by atoms with Gasteiger partial charge in [-0.2, -0.15) is 15.2 Å². The summed E-state index contributed by atoms with van der Waals surface area (Å²) in [6.07, 6.45) is 8.39. The van der Waals surface area contributed by atoms with Crippen LogP contribution < -0.4 is 5.32 Å². The van der Waals surface area contributed by atoms with Crippen LogP contribution in [0.2, 0.25) is 10.3 Å². The lowest BCUT2D eigenvalue weighted by molar-refractivity contribution is -0.132. The van der Waals surface area contributed by atoms with Crippen molar-refractivity contribution in [3.8, 4) is 0 Å². The first kappa shape index (κ1) is 19.6. The van der Waals surface area contributed by atoms with Gasteiger partial charge >= 0.3 is 0 Å². The smallest absolute Gasteiger partial charge is 0.229 e. The summed E-state index contributed by atoms with van der Waals surface area (Å²) in [7, 11) is 1.78. The quantitative estimate of drug-likeness (QED) is 0.655. The van der Waals surface area contributed by atoms with Gasteiger partial charge in [0, 0.05) is 32.3 Å². The molecule has 5 rings (SSSR count). The maximum atomic E-state index is 12.4. The predicted molar refractivity (Wildman–Crippen MR) is 114 cm³/mol. The average molecular weight is 449 g/mol. The number of fused-ring (bicyclic) bond motifs is 1. The summed E-state index contributed by atoms with van der Waals surface area (Å²) >= 11 is 12.5. The van der Waals surface area contributed by atoms with E-state index in [0.29, 0.717) is 38.9 Å². The van der Waals surface area contributed by atoms with E-state index >= 15 is 0 Å². The topological polar surface area (TPSA) is 93.8 Å². The molecule has 9 nitrogen and oxygen atoms in total. The molecule has 1 unspecified atom stereocenters. The van der Waals surface area contributed by atoms with Crippen LogP contribution in [0.3, 0.4) is 0 Å². The number of aromatic nitrogens is 6. The number of carbonyl (C=O) groups excluding carboxylic acids is 1. The highest BCUT2D eigenvalue weighted by Crippen LogP contribution is 2.33. The summed E-state index contributed by atoms with van der Waals surface area (Å²) in [5, 5.41) is 13.2. The van der Waals surface area contributed by atoms with Gasteiger partial charge in [0.25, 0.3) is 0 Å². The number of halogens is 2. The molecule has 158 valence electrons. The van der Waals surface area contributed by atoms with E-state index in [9.17, 15) is 4.79 Å². The molecule has 3 aromatic heterocycles. The largest absolute Gasteiger partial charge is 0.342 e. The first-order valence-corrected chi connectivity index (χ1v) is 10.9. The zero-order valence-electron chi connectivity index (χ0n) is 16.6. The fourth-order valence-electron chi connectivity index (χ4n) is 3.97. The Morgan fingerprint density at radius 2 is 1.97 bits per heavy atom. The van der Waals surface area contributed by atoms with Gasteiger partial charge in [-0.05, 0) is 32.1 Å². The molecule has 1 saturated carbocycles. The van der Waals surface area contributed by atoms with Gasteiger partial charge in [0.05, 0.1) is 23.3 Å². The number of nitrogens with zero attached hydrogens (tertiary/aromatic N) is 7. The fraction of sp³-hybridized carbons (Fsp3) is 0.526. The first-order valence-electron chi connectivity index (χ1n) is 10.2. The Bertz CT molecular complexity index is 1110. The van der Waals surface area contributed by atoms with Gasteiger partial charge in [-0.1, -0.05) is 23.2 Å². The van der Waals surface area contributed by atoms with E-state index in [-0.39, 0.29) is 12.0 Å². The van der Waals surface area contributed by atoms with Gasteiger partial charge in [-0.3, -0.25) is 9.48 Å². The monoisotopic (exact) mass is 448 g/mol. The minimum Gasteiger partial charge on any atom is -0.342 e. The van der Waals surface area contributed by atoms with E-state index in [0.717, 1.165) is 45.2 Å². The van der Waals surface area contributed by atoms with Crippen molar-refractivity contribution in [2.24, 2.45) is 13.0 Å². The molecule has 0 aromatic carbocycles. The number of aryl methyl sites for hydroxylation is 1. The van der Waals surface area contributed by atoms with Crippen LogP contribution in [-0.4, -0.2) is 53.4 Å². The molecule has 1 aliphatic heterocycles. The summed E-state index contributed by atoms with van der Waals surface area (Å²) < 4.78 is 3.50. The van der Waals surface area contributed by atoms with Crippen LogP contribution in [-0.2, 0) is 11.8 Å². The third kappa shape index (κ3) is 3.72. The molecule has 2 fully saturated rings. The Kier molecular flexibility index (Phi) is 5.02. The van der Waals surface area contributed by atoms with E-state index < -0.39 is 0 Å². The first-order chi connectivity index (χ1) is 14.5. The van der Waals surface area contributed by atoms with Crippen molar-refractivity contribution in [3.05, 3.63) is 22.7 Å². The van der Waals surface area contributed by atoms with Crippen LogP contribution in [0, 0.1) is 5.92 Å². The van der Waals surface area contributed by atoms with Crippen molar-refractivity contribution < 1.29 is 4.79 Å². The minimum atomic E-state index is 0.203. The SMILES string of the molecule is Cn1nc(Cl)c2cnc(Nc3cn(C4CCCN(C(=O)C5CC5)CC4)nc3Cl)nc21. The second kappa shape index (κ2) is 7.70. The standard InChI is InChI=1S/C19H22Cl2N8O/c1-27-17-13(15(20)25-27)9-22-19(24-17)23-14-10-29(26-16(14)21)12-3-2-7-28(8-6-12)18(30)11-4-5-11/h9-12H,2-8H2,1H3,(H,22,23,24). The zero-order chi connectivity index (χ0) is 20.8. The van der Waals surface area contributed by atoms with Gasteiger partial charge in [0.2, 0.25) is 11.9 Å². The lowest BCUT2D eigenvalue weighted by atomic mass is 10.1. The molecule has 1 N–H and O–H groups in total. The van der Waals surface area contributed by atoms with E-state index in [1.165, 1.54) is 0 Å². The van der Waals surface area contributed by atoms with Crippen LogP contribution in [0.15, 0.2) is 12.4 Å². The highest BCUT2D eigenvalue weighted by atomic mass is 35.5. The normalized spacial score (nSPS) is 19.8. The van der Waals surface area contributed by atoms with Crippen LogP contribution in [0.1, 0.15) is 38.1 Å². The van der Waals surface area contributed by atoms with E-state index in [2.05, 4.69) is 25.5 Å². The van der Waals surface area contributed by atoms with Crippen molar-refractivity contribution >= 4 is 51.8 Å². The van der Waals surface area contributed by atoms with Crippen molar-refractivity contribution in [2.45, 2.75) is 38.1 Å². The Hall–Kier alpha value is -2.39. The van der Waals surface area contributed by atoms with Gasteiger partial charge < -0.3 is 10.2 Å². The second-order valence-electron chi connectivity index (χ2n) is 7.97. The van der Waals surface area contributed by atoms with E-state index in [4.69, 9.17) is 23.2 Å². The molecule has 2 aliphatic rings. The summed E-state index contributed by atoms with van der Waals surface area (Å²) in [4.78, 5) is 23.2. The molecular weight excluding hydrogens is 427 g/mol. The predicted octanol–water partition coefficient (Wildman–Crippen LogP) is 3.57. The molecular formula is C19H22Cl2N8O. The van der Waals surface area contributed by atoms with Crippen molar-refractivity contribution in [2.75, 3.05) is 18.4 Å². The molecule has 4 heterocycles. The summed E-state index contributed by atoms with van der Waals surface area (Å²) in [6, 6.07) is 0.203. The summed E-state index contributed by atoms with van der Waals surface area (Å²) in [5.41, 5.74) is 1.27. The molecule has 0 bridgehead atoms.